The molecule has 0 amide bonds. The van der Waals surface area contributed by atoms with Gasteiger partial charge in [0.25, 0.3) is 0 Å². The Bertz CT molecular complexity index is 508. The molecular formula is C12H18N2O3S. The molecule has 1 aliphatic rings. The van der Waals surface area contributed by atoms with Crippen molar-refractivity contribution in [1.29, 1.82) is 0 Å². The van der Waals surface area contributed by atoms with E-state index >= 15 is 0 Å². The number of likely N-dealkylation sites (N-methyl/N-ethyl adjacent to an activating group) is 1. The van der Waals surface area contributed by atoms with Crippen LogP contribution in [-0.4, -0.2) is 56.0 Å². The van der Waals surface area contributed by atoms with Gasteiger partial charge in [-0.3, -0.25) is 0 Å². The molecular weight excluding hydrogens is 252 g/mol. The molecule has 0 aromatic heterocycles. The van der Waals surface area contributed by atoms with Crippen molar-refractivity contribution in [3.05, 3.63) is 29.8 Å². The molecule has 1 saturated heterocycles. The fraction of sp³-hybridized carbons (Fsp3) is 0.500. The molecule has 1 aliphatic heterocycles. The molecule has 0 aliphatic carbocycles. The largest absolute Gasteiger partial charge is 0.392 e. The monoisotopic (exact) mass is 270 g/mol. The van der Waals surface area contributed by atoms with Gasteiger partial charge < -0.3 is 10.0 Å². The minimum atomic E-state index is -3.48. The summed E-state index contributed by atoms with van der Waals surface area (Å²) in [6.45, 7) is 2.21. The average Bonchev–Trinajstić information content (AvgIpc) is 2.39. The molecule has 0 spiro atoms. The van der Waals surface area contributed by atoms with Crippen LogP contribution in [0.5, 0.6) is 0 Å². The highest BCUT2D eigenvalue weighted by atomic mass is 32.2. The van der Waals surface area contributed by atoms with Crippen molar-refractivity contribution in [2.75, 3.05) is 33.2 Å². The molecule has 1 heterocycles. The quantitative estimate of drug-likeness (QED) is 0.847. The average molecular weight is 270 g/mol. The molecule has 1 aromatic carbocycles. The van der Waals surface area contributed by atoms with Gasteiger partial charge in [0.15, 0.2) is 0 Å². The van der Waals surface area contributed by atoms with Gasteiger partial charge in [0, 0.05) is 26.2 Å². The highest BCUT2D eigenvalue weighted by Gasteiger charge is 2.28. The fourth-order valence-electron chi connectivity index (χ4n) is 2.05. The van der Waals surface area contributed by atoms with Gasteiger partial charge in [0.2, 0.25) is 10.0 Å². The van der Waals surface area contributed by atoms with Crippen LogP contribution < -0.4 is 0 Å². The second-order valence-electron chi connectivity index (χ2n) is 4.47. The Hall–Kier alpha value is -0.950. The Morgan fingerprint density at radius 3 is 2.39 bits per heavy atom. The van der Waals surface area contributed by atoms with Gasteiger partial charge in [-0.25, -0.2) is 8.42 Å². The molecule has 2 rings (SSSR count). The van der Waals surface area contributed by atoms with E-state index in [1.54, 1.807) is 24.3 Å². The summed E-state index contributed by atoms with van der Waals surface area (Å²) in [6, 6.07) is 6.61. The summed E-state index contributed by atoms with van der Waals surface area (Å²) in [5, 5.41) is 9.23. The van der Waals surface area contributed by atoms with E-state index in [0.717, 1.165) is 13.1 Å². The van der Waals surface area contributed by atoms with Gasteiger partial charge in [-0.1, -0.05) is 18.2 Å². The Balaban J connectivity index is 2.30. The maximum absolute atomic E-state index is 12.5. The lowest BCUT2D eigenvalue weighted by Gasteiger charge is -2.31. The summed E-state index contributed by atoms with van der Waals surface area (Å²) in [5.74, 6) is 0. The maximum Gasteiger partial charge on any atom is 0.243 e. The second kappa shape index (κ2) is 5.36. The fourth-order valence-corrected chi connectivity index (χ4v) is 3.69. The number of piperazine rings is 1. The van der Waals surface area contributed by atoms with Crippen molar-refractivity contribution >= 4 is 10.0 Å². The molecule has 1 fully saturated rings. The minimum absolute atomic E-state index is 0.219. The molecule has 100 valence electrons. The van der Waals surface area contributed by atoms with Crippen molar-refractivity contribution in [3.8, 4) is 0 Å². The van der Waals surface area contributed by atoms with Gasteiger partial charge in [0.1, 0.15) is 0 Å². The molecule has 1 aromatic rings. The van der Waals surface area contributed by atoms with Gasteiger partial charge in [-0.2, -0.15) is 4.31 Å². The predicted octanol–water partition coefficient (Wildman–Crippen LogP) is 0.115. The molecule has 5 nitrogen and oxygen atoms in total. The molecule has 0 unspecified atom stereocenters. The smallest absolute Gasteiger partial charge is 0.243 e. The summed E-state index contributed by atoms with van der Waals surface area (Å²) < 4.78 is 26.4. The molecule has 1 N–H and O–H groups in total. The molecule has 0 atom stereocenters. The third-order valence-corrected chi connectivity index (χ3v) is 5.22. The van der Waals surface area contributed by atoms with Crippen molar-refractivity contribution < 1.29 is 13.5 Å². The van der Waals surface area contributed by atoms with Gasteiger partial charge >= 0.3 is 0 Å². The van der Waals surface area contributed by atoms with E-state index in [-0.39, 0.29) is 11.5 Å². The van der Waals surface area contributed by atoms with Gasteiger partial charge in [-0.05, 0) is 18.7 Å². The highest BCUT2D eigenvalue weighted by Crippen LogP contribution is 2.21. The van der Waals surface area contributed by atoms with Crippen LogP contribution >= 0.6 is 0 Å². The first-order valence-electron chi connectivity index (χ1n) is 5.93. The van der Waals surface area contributed by atoms with Gasteiger partial charge in [0.05, 0.1) is 11.5 Å². The summed E-state index contributed by atoms with van der Waals surface area (Å²) in [7, 11) is -1.50. The van der Waals surface area contributed by atoms with E-state index in [9.17, 15) is 13.5 Å². The van der Waals surface area contributed by atoms with Gasteiger partial charge in [-0.15, -0.1) is 0 Å². The number of hydrogen-bond donors (Lipinski definition) is 1. The van der Waals surface area contributed by atoms with E-state index in [1.807, 2.05) is 7.05 Å². The SMILES string of the molecule is CN1CCN(S(=O)(=O)c2ccccc2CO)CC1. The topological polar surface area (TPSA) is 60.9 Å². The number of aliphatic hydroxyl groups excluding tert-OH is 1. The predicted molar refractivity (Wildman–Crippen MR) is 68.6 cm³/mol. The van der Waals surface area contributed by atoms with Crippen LogP contribution in [0.4, 0.5) is 0 Å². The third-order valence-electron chi connectivity index (χ3n) is 3.22. The summed E-state index contributed by atoms with van der Waals surface area (Å²) >= 11 is 0. The molecule has 6 heteroatoms. The first-order chi connectivity index (χ1) is 8.55. The Morgan fingerprint density at radius 2 is 1.78 bits per heavy atom. The first-order valence-corrected chi connectivity index (χ1v) is 7.37. The lowest BCUT2D eigenvalue weighted by atomic mass is 10.2. The van der Waals surface area contributed by atoms with Crippen LogP contribution in [0.15, 0.2) is 29.2 Å². The summed E-state index contributed by atoms with van der Waals surface area (Å²) in [4.78, 5) is 2.32. The number of aliphatic hydroxyl groups is 1. The molecule has 0 radical (unpaired) electrons. The second-order valence-corrected chi connectivity index (χ2v) is 6.38. The lowest BCUT2D eigenvalue weighted by Crippen LogP contribution is -2.47. The zero-order valence-corrected chi connectivity index (χ0v) is 11.2. The van der Waals surface area contributed by atoms with E-state index in [1.165, 1.54) is 4.31 Å². The highest BCUT2D eigenvalue weighted by molar-refractivity contribution is 7.89. The number of sulfonamides is 1. The van der Waals surface area contributed by atoms with Crippen molar-refractivity contribution in [2.24, 2.45) is 0 Å². The first kappa shape index (κ1) is 13.5. The van der Waals surface area contributed by atoms with Crippen LogP contribution in [0.3, 0.4) is 0 Å². The van der Waals surface area contributed by atoms with Crippen LogP contribution in [0.1, 0.15) is 5.56 Å². The van der Waals surface area contributed by atoms with Crippen LogP contribution in [0.25, 0.3) is 0 Å². The normalized spacial score (nSPS) is 19.0. The Kier molecular flexibility index (Phi) is 4.01. The molecule has 0 saturated carbocycles. The van der Waals surface area contributed by atoms with E-state index in [0.29, 0.717) is 18.7 Å². The summed E-state index contributed by atoms with van der Waals surface area (Å²) in [6.07, 6.45) is 0. The zero-order chi connectivity index (χ0) is 13.2. The number of hydrogen-bond acceptors (Lipinski definition) is 4. The number of nitrogens with zero attached hydrogens (tertiary/aromatic N) is 2. The lowest BCUT2D eigenvalue weighted by molar-refractivity contribution is 0.222. The van der Waals surface area contributed by atoms with Crippen LogP contribution in [-0.2, 0) is 16.6 Å². The van der Waals surface area contributed by atoms with Crippen molar-refractivity contribution in [2.45, 2.75) is 11.5 Å². The maximum atomic E-state index is 12.5. The van der Waals surface area contributed by atoms with E-state index < -0.39 is 10.0 Å². The molecule has 0 bridgehead atoms. The van der Waals surface area contributed by atoms with Crippen molar-refractivity contribution in [3.63, 3.8) is 0 Å². The van der Waals surface area contributed by atoms with Crippen molar-refractivity contribution in [1.82, 2.24) is 9.21 Å². The zero-order valence-electron chi connectivity index (χ0n) is 10.4. The van der Waals surface area contributed by atoms with Crippen LogP contribution in [0.2, 0.25) is 0 Å². The number of benzene rings is 1. The van der Waals surface area contributed by atoms with Crippen LogP contribution in [0, 0.1) is 0 Å². The Labute approximate surface area is 108 Å². The Morgan fingerprint density at radius 1 is 1.17 bits per heavy atom. The third kappa shape index (κ3) is 2.56. The van der Waals surface area contributed by atoms with E-state index in [2.05, 4.69) is 4.90 Å². The summed E-state index contributed by atoms with van der Waals surface area (Å²) in [5.41, 5.74) is 0.455. The van der Waals surface area contributed by atoms with E-state index in [4.69, 9.17) is 0 Å². The molecule has 18 heavy (non-hydrogen) atoms. The minimum Gasteiger partial charge on any atom is -0.392 e. The standard InChI is InChI=1S/C12H18N2O3S/c1-13-6-8-14(9-7-13)18(16,17)12-5-3-2-4-11(12)10-15/h2-5,15H,6-10H2,1H3. The number of rotatable bonds is 3.